The molecule has 4 rings (SSSR count). The van der Waals surface area contributed by atoms with Crippen molar-refractivity contribution in [1.29, 1.82) is 0 Å². The summed E-state index contributed by atoms with van der Waals surface area (Å²) in [5.41, 5.74) is 2.52. The average molecular weight is 435 g/mol. The number of aromatic nitrogens is 5. The molecule has 1 N–H and O–H groups in total. The summed E-state index contributed by atoms with van der Waals surface area (Å²) in [6, 6.07) is 5.83. The summed E-state index contributed by atoms with van der Waals surface area (Å²) in [5, 5.41) is 9.37. The van der Waals surface area contributed by atoms with Crippen LogP contribution in [0.5, 0.6) is 0 Å². The van der Waals surface area contributed by atoms with Gasteiger partial charge in [0.15, 0.2) is 5.13 Å². The smallest absolute Gasteiger partial charge is 0.295 e. The van der Waals surface area contributed by atoms with E-state index in [-0.39, 0.29) is 5.82 Å². The van der Waals surface area contributed by atoms with Crippen molar-refractivity contribution in [3.8, 4) is 10.6 Å². The minimum Gasteiger partial charge on any atom is -0.295 e. The molecule has 4 aromatic rings. The maximum absolute atomic E-state index is 12.4. The summed E-state index contributed by atoms with van der Waals surface area (Å²) in [6.07, 6.45) is 0. The maximum Gasteiger partial charge on any atom is 0.297 e. The van der Waals surface area contributed by atoms with Gasteiger partial charge in [-0.3, -0.25) is 10.1 Å². The lowest BCUT2D eigenvalue weighted by Gasteiger charge is -1.97. The molecule has 10 heteroatoms. The Hall–Kier alpha value is -2.17. The number of thiophene rings is 1. The number of thiazole rings is 1. The summed E-state index contributed by atoms with van der Waals surface area (Å²) >= 11 is 6.38. The van der Waals surface area contributed by atoms with Gasteiger partial charge in [0.2, 0.25) is 5.82 Å². The maximum atomic E-state index is 12.4. The molecule has 7 nitrogen and oxygen atoms in total. The van der Waals surface area contributed by atoms with Gasteiger partial charge in [-0.1, -0.05) is 0 Å². The second kappa shape index (κ2) is 6.28. The van der Waals surface area contributed by atoms with Crippen LogP contribution in [0.2, 0.25) is 0 Å². The van der Waals surface area contributed by atoms with Crippen molar-refractivity contribution in [3.05, 3.63) is 44.6 Å². The topological polar surface area (TPSA) is 85.1 Å². The standard InChI is InChI=1S/C15H11BrN6OS2/c1-7-5-8(2)22-14(17-7)19-12(21-22)13(23)20-15-18-9(6-24-15)10-3-4-11(16)25-10/h3-6H,1-2H3,(H,18,20,23). The fourth-order valence-electron chi connectivity index (χ4n) is 2.31. The monoisotopic (exact) mass is 434 g/mol. The van der Waals surface area contributed by atoms with E-state index >= 15 is 0 Å². The normalized spacial score (nSPS) is 11.2. The molecule has 0 fully saturated rings. The highest BCUT2D eigenvalue weighted by Gasteiger charge is 2.17. The number of hydrogen-bond acceptors (Lipinski definition) is 7. The first-order valence-corrected chi connectivity index (χ1v) is 9.72. The Morgan fingerprint density at radius 1 is 1.24 bits per heavy atom. The van der Waals surface area contributed by atoms with Gasteiger partial charge in [0.05, 0.1) is 14.4 Å². The molecule has 0 bridgehead atoms. The van der Waals surface area contributed by atoms with E-state index < -0.39 is 5.91 Å². The lowest BCUT2D eigenvalue weighted by molar-refractivity contribution is 0.101. The van der Waals surface area contributed by atoms with Crippen LogP contribution in [0, 0.1) is 13.8 Å². The summed E-state index contributed by atoms with van der Waals surface area (Å²) in [5.74, 6) is 0.0681. The second-order valence-corrected chi connectivity index (χ2v) is 8.60. The van der Waals surface area contributed by atoms with Crippen LogP contribution in [-0.4, -0.2) is 30.5 Å². The molecule has 0 aromatic carbocycles. The van der Waals surface area contributed by atoms with Crippen LogP contribution in [0.3, 0.4) is 0 Å². The van der Waals surface area contributed by atoms with Crippen LogP contribution in [0.1, 0.15) is 22.0 Å². The number of rotatable bonds is 3. The third-order valence-electron chi connectivity index (χ3n) is 3.37. The molecule has 0 saturated heterocycles. The Morgan fingerprint density at radius 3 is 2.84 bits per heavy atom. The highest BCUT2D eigenvalue weighted by Crippen LogP contribution is 2.33. The molecule has 0 spiro atoms. The lowest BCUT2D eigenvalue weighted by atomic mass is 10.4. The molecule has 126 valence electrons. The van der Waals surface area contributed by atoms with Gasteiger partial charge in [0, 0.05) is 16.8 Å². The summed E-state index contributed by atoms with van der Waals surface area (Å²) < 4.78 is 2.59. The fourth-order valence-corrected chi connectivity index (χ4v) is 4.44. The zero-order valence-electron chi connectivity index (χ0n) is 13.1. The fraction of sp³-hybridized carbons (Fsp3) is 0.133. The molecule has 0 aliphatic carbocycles. The lowest BCUT2D eigenvalue weighted by Crippen LogP contribution is -2.13. The number of nitrogens with zero attached hydrogens (tertiary/aromatic N) is 5. The molecule has 1 amide bonds. The Morgan fingerprint density at radius 2 is 2.08 bits per heavy atom. The van der Waals surface area contributed by atoms with E-state index in [0.29, 0.717) is 10.9 Å². The minimum atomic E-state index is -0.407. The van der Waals surface area contributed by atoms with Gasteiger partial charge in [0.1, 0.15) is 0 Å². The van der Waals surface area contributed by atoms with Crippen molar-refractivity contribution in [3.63, 3.8) is 0 Å². The van der Waals surface area contributed by atoms with Crippen LogP contribution >= 0.6 is 38.6 Å². The number of carbonyl (C=O) groups is 1. The van der Waals surface area contributed by atoms with Gasteiger partial charge in [-0.05, 0) is 48.0 Å². The minimum absolute atomic E-state index is 0.0665. The van der Waals surface area contributed by atoms with Crippen molar-refractivity contribution in [1.82, 2.24) is 24.6 Å². The van der Waals surface area contributed by atoms with Crippen molar-refractivity contribution < 1.29 is 4.79 Å². The number of anilines is 1. The number of fused-ring (bicyclic) bond motifs is 1. The van der Waals surface area contributed by atoms with E-state index in [9.17, 15) is 4.79 Å². The Labute approximate surface area is 158 Å². The Kier molecular flexibility index (Phi) is 4.10. The Balaban J connectivity index is 1.58. The predicted octanol–water partition coefficient (Wildman–Crippen LogP) is 3.94. The molecular weight excluding hydrogens is 424 g/mol. The van der Waals surface area contributed by atoms with E-state index in [2.05, 4.69) is 41.3 Å². The van der Waals surface area contributed by atoms with E-state index in [1.807, 2.05) is 37.4 Å². The number of aryl methyl sites for hydroxylation is 2. The molecule has 4 aromatic heterocycles. The summed E-state index contributed by atoms with van der Waals surface area (Å²) in [4.78, 5) is 26.4. The van der Waals surface area contributed by atoms with Crippen molar-refractivity contribution >= 4 is 55.4 Å². The van der Waals surface area contributed by atoms with E-state index in [4.69, 9.17) is 0 Å². The van der Waals surface area contributed by atoms with E-state index in [0.717, 1.165) is 25.7 Å². The van der Waals surface area contributed by atoms with Gasteiger partial charge < -0.3 is 0 Å². The molecule has 0 atom stereocenters. The zero-order chi connectivity index (χ0) is 17.6. The van der Waals surface area contributed by atoms with Crippen molar-refractivity contribution in [2.24, 2.45) is 0 Å². The van der Waals surface area contributed by atoms with Crippen molar-refractivity contribution in [2.45, 2.75) is 13.8 Å². The number of carbonyl (C=O) groups excluding carboxylic acids is 1. The molecule has 0 aliphatic rings. The van der Waals surface area contributed by atoms with Gasteiger partial charge >= 0.3 is 0 Å². The predicted molar refractivity (Wildman–Crippen MR) is 101 cm³/mol. The molecule has 0 aliphatic heterocycles. The molecule has 0 radical (unpaired) electrons. The first-order chi connectivity index (χ1) is 12.0. The number of nitrogens with one attached hydrogen (secondary N) is 1. The first-order valence-electron chi connectivity index (χ1n) is 7.23. The largest absolute Gasteiger partial charge is 0.297 e. The average Bonchev–Trinajstić information content (AvgIpc) is 3.26. The van der Waals surface area contributed by atoms with Gasteiger partial charge in [-0.15, -0.1) is 27.8 Å². The van der Waals surface area contributed by atoms with Crippen LogP contribution in [0.4, 0.5) is 5.13 Å². The van der Waals surface area contributed by atoms with Gasteiger partial charge in [0.25, 0.3) is 11.7 Å². The number of halogens is 1. The van der Waals surface area contributed by atoms with E-state index in [1.54, 1.807) is 15.9 Å². The quantitative estimate of drug-likeness (QED) is 0.527. The molecule has 0 unspecified atom stereocenters. The van der Waals surface area contributed by atoms with Crippen LogP contribution in [0.15, 0.2) is 27.4 Å². The molecule has 4 heterocycles. The molecular formula is C15H11BrN6OS2. The summed E-state index contributed by atoms with van der Waals surface area (Å²) in [7, 11) is 0. The third-order valence-corrected chi connectivity index (χ3v) is 5.78. The SMILES string of the molecule is Cc1cc(C)n2nc(C(=O)Nc3nc(-c4ccc(Br)s4)cs3)nc2n1. The Bertz CT molecular complexity index is 1100. The first kappa shape index (κ1) is 16.3. The number of amides is 1. The second-order valence-electron chi connectivity index (χ2n) is 5.28. The number of hydrogen-bond donors (Lipinski definition) is 1. The highest BCUT2D eigenvalue weighted by atomic mass is 79.9. The van der Waals surface area contributed by atoms with Gasteiger partial charge in [-0.25, -0.2) is 14.5 Å². The zero-order valence-corrected chi connectivity index (χ0v) is 16.4. The molecule has 25 heavy (non-hydrogen) atoms. The summed E-state index contributed by atoms with van der Waals surface area (Å²) in [6.45, 7) is 3.77. The highest BCUT2D eigenvalue weighted by molar-refractivity contribution is 9.11. The van der Waals surface area contributed by atoms with Crippen LogP contribution < -0.4 is 5.32 Å². The van der Waals surface area contributed by atoms with Crippen molar-refractivity contribution in [2.75, 3.05) is 5.32 Å². The van der Waals surface area contributed by atoms with E-state index in [1.165, 1.54) is 11.3 Å². The van der Waals surface area contributed by atoms with Crippen LogP contribution in [-0.2, 0) is 0 Å². The molecule has 0 saturated carbocycles. The van der Waals surface area contributed by atoms with Crippen LogP contribution in [0.25, 0.3) is 16.3 Å². The van der Waals surface area contributed by atoms with Gasteiger partial charge in [-0.2, -0.15) is 4.98 Å². The third kappa shape index (κ3) is 3.20.